The van der Waals surface area contributed by atoms with Gasteiger partial charge in [-0.1, -0.05) is 18.2 Å². The summed E-state index contributed by atoms with van der Waals surface area (Å²) in [6.45, 7) is 3.59. The van der Waals surface area contributed by atoms with Crippen LogP contribution < -0.4 is 10.2 Å². The average Bonchev–Trinajstić information content (AvgIpc) is 3.13. The van der Waals surface area contributed by atoms with E-state index in [1.165, 1.54) is 0 Å². The number of fused-ring (bicyclic) bond motifs is 3. The van der Waals surface area contributed by atoms with Crippen molar-refractivity contribution in [3.8, 4) is 0 Å². The van der Waals surface area contributed by atoms with Gasteiger partial charge in [0.2, 0.25) is 11.9 Å². The summed E-state index contributed by atoms with van der Waals surface area (Å²) >= 11 is 0. The summed E-state index contributed by atoms with van der Waals surface area (Å²) in [6.07, 6.45) is 3.50. The van der Waals surface area contributed by atoms with Crippen LogP contribution in [0.3, 0.4) is 0 Å². The summed E-state index contributed by atoms with van der Waals surface area (Å²) in [5, 5.41) is 5.08. The van der Waals surface area contributed by atoms with Crippen LogP contribution in [0.25, 0.3) is 21.9 Å². The summed E-state index contributed by atoms with van der Waals surface area (Å²) < 4.78 is 5.84. The van der Waals surface area contributed by atoms with Crippen LogP contribution in [0.1, 0.15) is 0 Å². The minimum absolute atomic E-state index is 0.0124. The van der Waals surface area contributed by atoms with Crippen LogP contribution >= 0.6 is 0 Å². The van der Waals surface area contributed by atoms with E-state index in [0.717, 1.165) is 59.8 Å². The molecule has 0 aliphatic carbocycles. The lowest BCUT2D eigenvalue weighted by atomic mass is 10.1. The molecular formula is C22H21N5O2. The molecule has 1 amide bonds. The van der Waals surface area contributed by atoms with Crippen molar-refractivity contribution < 1.29 is 9.21 Å². The molecule has 0 bridgehead atoms. The molecule has 0 unspecified atom stereocenters. The van der Waals surface area contributed by atoms with Crippen molar-refractivity contribution in [3.05, 3.63) is 60.9 Å². The molecule has 0 saturated carbocycles. The van der Waals surface area contributed by atoms with Gasteiger partial charge >= 0.3 is 0 Å². The van der Waals surface area contributed by atoms with Crippen LogP contribution in [0.2, 0.25) is 0 Å². The molecule has 0 radical (unpaired) electrons. The Balaban J connectivity index is 1.22. The first-order valence-electron chi connectivity index (χ1n) is 9.72. The first kappa shape index (κ1) is 17.6. The molecule has 1 saturated heterocycles. The zero-order valence-corrected chi connectivity index (χ0v) is 15.9. The predicted molar refractivity (Wildman–Crippen MR) is 113 cm³/mol. The summed E-state index contributed by atoms with van der Waals surface area (Å²) in [5.74, 6) is 0.735. The van der Waals surface area contributed by atoms with Crippen LogP contribution in [0.4, 0.5) is 11.6 Å². The first-order valence-corrected chi connectivity index (χ1v) is 9.72. The van der Waals surface area contributed by atoms with Gasteiger partial charge in [-0.25, -0.2) is 9.97 Å². The fourth-order valence-electron chi connectivity index (χ4n) is 3.77. The number of anilines is 2. The number of furan rings is 1. The Morgan fingerprint density at radius 3 is 2.52 bits per heavy atom. The molecule has 29 heavy (non-hydrogen) atoms. The molecule has 3 heterocycles. The van der Waals surface area contributed by atoms with Crippen LogP contribution in [-0.2, 0) is 4.79 Å². The molecule has 1 aliphatic rings. The Bertz CT molecular complexity index is 1150. The number of aromatic nitrogens is 2. The smallest absolute Gasteiger partial charge is 0.238 e. The molecule has 146 valence electrons. The third kappa shape index (κ3) is 3.64. The Kier molecular flexibility index (Phi) is 4.57. The second kappa shape index (κ2) is 7.52. The minimum atomic E-state index is -0.0124. The number of piperazine rings is 1. The van der Waals surface area contributed by atoms with Gasteiger partial charge in [0, 0.05) is 55.0 Å². The number of para-hydroxylation sites is 1. The van der Waals surface area contributed by atoms with Crippen molar-refractivity contribution in [2.24, 2.45) is 0 Å². The van der Waals surface area contributed by atoms with E-state index in [0.29, 0.717) is 6.54 Å². The number of hydrogen-bond donors (Lipinski definition) is 1. The Morgan fingerprint density at radius 2 is 1.69 bits per heavy atom. The van der Waals surface area contributed by atoms with Gasteiger partial charge in [-0.15, -0.1) is 0 Å². The van der Waals surface area contributed by atoms with Crippen LogP contribution in [0.15, 0.2) is 65.3 Å². The van der Waals surface area contributed by atoms with Crippen molar-refractivity contribution in [2.45, 2.75) is 0 Å². The molecule has 0 spiro atoms. The molecule has 7 nitrogen and oxygen atoms in total. The van der Waals surface area contributed by atoms with E-state index in [1.54, 1.807) is 12.4 Å². The molecule has 1 N–H and O–H groups in total. The monoisotopic (exact) mass is 387 g/mol. The van der Waals surface area contributed by atoms with Crippen LogP contribution in [-0.4, -0.2) is 53.5 Å². The van der Waals surface area contributed by atoms with Gasteiger partial charge in [-0.05, 0) is 30.3 Å². The normalized spacial score (nSPS) is 15.1. The standard InChI is InChI=1S/C22H21N5O2/c28-21(15-26-10-12-27(13-11-26)22-23-8-3-9-24-22)25-16-6-7-20-18(14-16)17-4-1-2-5-19(17)29-20/h1-9,14H,10-13,15H2,(H,25,28). The van der Waals surface area contributed by atoms with Gasteiger partial charge in [0.25, 0.3) is 0 Å². The number of rotatable bonds is 4. The second-order valence-corrected chi connectivity index (χ2v) is 7.17. The van der Waals surface area contributed by atoms with Crippen molar-refractivity contribution >= 4 is 39.5 Å². The Labute approximate surface area is 168 Å². The van der Waals surface area contributed by atoms with E-state index in [1.807, 2.05) is 48.5 Å². The van der Waals surface area contributed by atoms with E-state index >= 15 is 0 Å². The molecular weight excluding hydrogens is 366 g/mol. The second-order valence-electron chi connectivity index (χ2n) is 7.17. The fraction of sp³-hybridized carbons (Fsp3) is 0.227. The van der Waals surface area contributed by atoms with Gasteiger partial charge in [0.15, 0.2) is 0 Å². The first-order chi connectivity index (χ1) is 14.3. The number of carbonyl (C=O) groups is 1. The molecule has 5 rings (SSSR count). The summed E-state index contributed by atoms with van der Waals surface area (Å²) in [7, 11) is 0. The number of hydrogen-bond acceptors (Lipinski definition) is 6. The predicted octanol–water partition coefficient (Wildman–Crippen LogP) is 3.14. The summed E-state index contributed by atoms with van der Waals surface area (Å²) in [5.41, 5.74) is 2.46. The molecule has 4 aromatic rings. The third-order valence-corrected chi connectivity index (χ3v) is 5.23. The average molecular weight is 387 g/mol. The lowest BCUT2D eigenvalue weighted by molar-refractivity contribution is -0.117. The molecule has 1 fully saturated rings. The van der Waals surface area contributed by atoms with Gasteiger partial charge in [-0.2, -0.15) is 0 Å². The molecule has 2 aromatic heterocycles. The van der Waals surface area contributed by atoms with Gasteiger partial charge in [-0.3, -0.25) is 9.69 Å². The van der Waals surface area contributed by atoms with Gasteiger partial charge < -0.3 is 14.6 Å². The summed E-state index contributed by atoms with van der Waals surface area (Å²) in [4.78, 5) is 25.4. The number of nitrogens with one attached hydrogen (secondary N) is 1. The van der Waals surface area contributed by atoms with Crippen LogP contribution in [0, 0.1) is 0 Å². The van der Waals surface area contributed by atoms with Crippen molar-refractivity contribution in [1.82, 2.24) is 14.9 Å². The number of carbonyl (C=O) groups excluding carboxylic acids is 1. The van der Waals surface area contributed by atoms with Crippen LogP contribution in [0.5, 0.6) is 0 Å². The lowest BCUT2D eigenvalue weighted by Crippen LogP contribution is -2.49. The van der Waals surface area contributed by atoms with E-state index in [2.05, 4.69) is 25.1 Å². The Morgan fingerprint density at radius 1 is 0.931 bits per heavy atom. The number of benzene rings is 2. The maximum Gasteiger partial charge on any atom is 0.238 e. The lowest BCUT2D eigenvalue weighted by Gasteiger charge is -2.34. The highest BCUT2D eigenvalue weighted by Crippen LogP contribution is 2.30. The SMILES string of the molecule is O=C(CN1CCN(c2ncccn2)CC1)Nc1ccc2oc3ccccc3c2c1. The summed E-state index contributed by atoms with van der Waals surface area (Å²) in [6, 6.07) is 15.5. The maximum atomic E-state index is 12.6. The highest BCUT2D eigenvalue weighted by atomic mass is 16.3. The Hall–Kier alpha value is -3.45. The molecule has 1 aliphatic heterocycles. The van der Waals surface area contributed by atoms with Crippen molar-refractivity contribution in [1.29, 1.82) is 0 Å². The molecule has 7 heteroatoms. The van der Waals surface area contributed by atoms with E-state index in [-0.39, 0.29) is 5.91 Å². The topological polar surface area (TPSA) is 74.5 Å². The minimum Gasteiger partial charge on any atom is -0.456 e. The number of amides is 1. The maximum absolute atomic E-state index is 12.6. The zero-order valence-electron chi connectivity index (χ0n) is 15.9. The van der Waals surface area contributed by atoms with E-state index in [9.17, 15) is 4.79 Å². The third-order valence-electron chi connectivity index (χ3n) is 5.23. The van der Waals surface area contributed by atoms with Crippen molar-refractivity contribution in [2.75, 3.05) is 42.9 Å². The molecule has 0 atom stereocenters. The van der Waals surface area contributed by atoms with E-state index < -0.39 is 0 Å². The van der Waals surface area contributed by atoms with Gasteiger partial charge in [0.05, 0.1) is 6.54 Å². The zero-order chi connectivity index (χ0) is 19.6. The fourth-order valence-corrected chi connectivity index (χ4v) is 3.77. The highest BCUT2D eigenvalue weighted by molar-refractivity contribution is 6.07. The largest absolute Gasteiger partial charge is 0.456 e. The molecule has 2 aromatic carbocycles. The van der Waals surface area contributed by atoms with Gasteiger partial charge in [0.1, 0.15) is 11.2 Å². The quantitative estimate of drug-likeness (QED) is 0.580. The van der Waals surface area contributed by atoms with Crippen molar-refractivity contribution in [3.63, 3.8) is 0 Å². The van der Waals surface area contributed by atoms with E-state index in [4.69, 9.17) is 4.42 Å². The number of nitrogens with zero attached hydrogens (tertiary/aromatic N) is 4. The highest BCUT2D eigenvalue weighted by Gasteiger charge is 2.20.